The van der Waals surface area contributed by atoms with E-state index in [4.69, 9.17) is 9.63 Å². The zero-order valence-corrected chi connectivity index (χ0v) is 15.9. The lowest BCUT2D eigenvalue weighted by Crippen LogP contribution is -2.34. The van der Waals surface area contributed by atoms with Crippen LogP contribution in [0.4, 0.5) is 0 Å². The average molecular weight is 381 g/mol. The van der Waals surface area contributed by atoms with Crippen molar-refractivity contribution in [2.45, 2.75) is 57.2 Å². The Labute approximate surface area is 156 Å². The van der Waals surface area contributed by atoms with E-state index in [1.165, 1.54) is 19.3 Å². The summed E-state index contributed by atoms with van der Waals surface area (Å²) in [5, 5.41) is 22.4. The second-order valence-corrected chi connectivity index (χ2v) is 7.32. The Balaban J connectivity index is 1.68. The van der Waals surface area contributed by atoms with Crippen molar-refractivity contribution in [1.82, 2.24) is 5.32 Å². The molecule has 144 valence electrons. The first-order valence-electron chi connectivity index (χ1n) is 9.29. The number of hydrogen-bond acceptors (Lipinski definition) is 5. The highest BCUT2D eigenvalue weighted by atomic mass is 31.1. The highest BCUT2D eigenvalue weighted by Gasteiger charge is 2.26. The maximum Gasteiger partial charge on any atom is 0.335 e. The van der Waals surface area contributed by atoms with Gasteiger partial charge in [-0.1, -0.05) is 31.4 Å². The highest BCUT2D eigenvalue weighted by molar-refractivity contribution is 7.17. The van der Waals surface area contributed by atoms with Gasteiger partial charge in [0.2, 0.25) is 0 Å². The Morgan fingerprint density at radius 2 is 1.92 bits per heavy atom. The molecule has 2 rings (SSSR count). The summed E-state index contributed by atoms with van der Waals surface area (Å²) in [6.45, 7) is 1.15. The minimum Gasteiger partial charge on any atom is -0.478 e. The van der Waals surface area contributed by atoms with E-state index in [0.717, 1.165) is 24.8 Å². The van der Waals surface area contributed by atoms with Gasteiger partial charge in [0.1, 0.15) is 0 Å². The van der Waals surface area contributed by atoms with Crippen LogP contribution in [0, 0.1) is 5.92 Å². The zero-order chi connectivity index (χ0) is 18.8. The van der Waals surface area contributed by atoms with E-state index in [-0.39, 0.29) is 20.4 Å². The number of aliphatic hydroxyl groups is 1. The molecular weight excluding hydrogens is 353 g/mol. The second kappa shape index (κ2) is 11.4. The van der Waals surface area contributed by atoms with Gasteiger partial charge in [-0.25, -0.2) is 9.36 Å². The van der Waals surface area contributed by atoms with Crippen molar-refractivity contribution in [2.24, 2.45) is 5.92 Å². The molecular formula is C19H28NO5P. The van der Waals surface area contributed by atoms with Crippen LogP contribution in [0.15, 0.2) is 24.3 Å². The fourth-order valence-electron chi connectivity index (χ4n) is 3.55. The molecule has 26 heavy (non-hydrogen) atoms. The topological polar surface area (TPSA) is 95.9 Å². The fraction of sp³-hybridized carbons (Fsp3) is 0.632. The van der Waals surface area contributed by atoms with E-state index in [9.17, 15) is 14.5 Å². The second-order valence-electron chi connectivity index (χ2n) is 6.96. The molecule has 0 saturated heterocycles. The van der Waals surface area contributed by atoms with Crippen molar-refractivity contribution in [1.29, 1.82) is 0 Å². The quantitative estimate of drug-likeness (QED) is 0.401. The number of carboxylic acid groups (broad SMARTS) is 1. The van der Waals surface area contributed by atoms with E-state index in [1.54, 1.807) is 12.1 Å². The molecule has 1 saturated carbocycles. The third-order valence-corrected chi connectivity index (χ3v) is 5.39. The van der Waals surface area contributed by atoms with Crippen molar-refractivity contribution in [3.8, 4) is 0 Å². The molecule has 1 aromatic rings. The molecule has 0 heterocycles. The van der Waals surface area contributed by atoms with Crippen LogP contribution in [0.25, 0.3) is 0 Å². The Morgan fingerprint density at radius 1 is 1.23 bits per heavy atom. The van der Waals surface area contributed by atoms with E-state index < -0.39 is 12.1 Å². The summed E-state index contributed by atoms with van der Waals surface area (Å²) in [5.41, 5.74) is 1.33. The summed E-state index contributed by atoms with van der Waals surface area (Å²) in [7, 11) is -0.315. The molecule has 1 unspecified atom stereocenters. The minimum absolute atomic E-state index is 0.158. The van der Waals surface area contributed by atoms with E-state index in [0.29, 0.717) is 25.4 Å². The number of rotatable bonds is 11. The molecule has 0 radical (unpaired) electrons. The molecule has 1 aliphatic carbocycles. The molecule has 1 aromatic carbocycles. The number of carboxylic acids is 1. The molecule has 3 N–H and O–H groups in total. The molecule has 7 heteroatoms. The first kappa shape index (κ1) is 21.0. The smallest absolute Gasteiger partial charge is 0.335 e. The third kappa shape index (κ3) is 7.12. The number of aliphatic hydroxyl groups excluding tert-OH is 1. The number of benzene rings is 1. The molecule has 0 aromatic heterocycles. The van der Waals surface area contributed by atoms with Crippen molar-refractivity contribution < 1.29 is 24.1 Å². The lowest BCUT2D eigenvalue weighted by Gasteiger charge is -2.29. The average Bonchev–Trinajstić information content (AvgIpc) is 2.66. The summed E-state index contributed by atoms with van der Waals surface area (Å²) >= 11 is 0. The Kier molecular flexibility index (Phi) is 9.19. The van der Waals surface area contributed by atoms with Crippen LogP contribution in [0.5, 0.6) is 0 Å². The van der Waals surface area contributed by atoms with Gasteiger partial charge in [0, 0.05) is 13.0 Å². The van der Waals surface area contributed by atoms with Gasteiger partial charge in [-0.15, -0.1) is 0 Å². The molecule has 2 atom stereocenters. The van der Waals surface area contributed by atoms with Crippen LogP contribution in [0.3, 0.4) is 0 Å². The van der Waals surface area contributed by atoms with Crippen molar-refractivity contribution in [3.05, 3.63) is 35.4 Å². The lowest BCUT2D eigenvalue weighted by molar-refractivity contribution is 0.0555. The van der Waals surface area contributed by atoms with Gasteiger partial charge >= 0.3 is 14.7 Å². The zero-order valence-electron chi connectivity index (χ0n) is 15.0. The van der Waals surface area contributed by atoms with Gasteiger partial charge in [-0.05, 0) is 49.4 Å². The SMILES string of the molecule is O=POC(C[C@H](O)CNCCc1ccc(C(=O)O)cc1)C1CCCCC1. The Morgan fingerprint density at radius 3 is 2.54 bits per heavy atom. The standard InChI is InChI=1S/C19H28NO5P/c21-17(12-18(25-26-24)15-4-2-1-3-5-15)13-20-11-10-14-6-8-16(9-7-14)19(22)23/h6-9,15,17-18,20-21H,1-5,10-13H2,(H,22,23)/t17-,18?/m0/s1. The lowest BCUT2D eigenvalue weighted by atomic mass is 9.83. The molecule has 0 amide bonds. The van der Waals surface area contributed by atoms with Crippen LogP contribution in [0.1, 0.15) is 54.4 Å². The number of hydrogen-bond donors (Lipinski definition) is 3. The summed E-state index contributed by atoms with van der Waals surface area (Å²) in [6.07, 6.45) is 6.29. The highest BCUT2D eigenvalue weighted by Crippen LogP contribution is 2.31. The van der Waals surface area contributed by atoms with E-state index >= 15 is 0 Å². The number of aromatic carboxylic acids is 1. The Bertz CT molecular complexity index is 560. The third-order valence-electron chi connectivity index (χ3n) is 5.03. The molecule has 1 aliphatic rings. The molecule has 0 spiro atoms. The Hall–Kier alpha value is -1.33. The maximum atomic E-state index is 10.9. The predicted molar refractivity (Wildman–Crippen MR) is 99.7 cm³/mol. The van der Waals surface area contributed by atoms with Gasteiger partial charge < -0.3 is 15.5 Å². The monoisotopic (exact) mass is 381 g/mol. The first-order valence-corrected chi connectivity index (χ1v) is 10.0. The normalized spacial score (nSPS) is 17.9. The number of nitrogens with one attached hydrogen (secondary N) is 1. The fourth-order valence-corrected chi connectivity index (χ4v) is 3.92. The number of carbonyl (C=O) groups is 1. The molecule has 0 bridgehead atoms. The largest absolute Gasteiger partial charge is 0.478 e. The van der Waals surface area contributed by atoms with Gasteiger partial charge in [-0.3, -0.25) is 4.52 Å². The molecule has 0 aliphatic heterocycles. The van der Waals surface area contributed by atoms with Crippen LogP contribution in [-0.2, 0) is 15.5 Å². The summed E-state index contributed by atoms with van der Waals surface area (Å²) in [5.74, 6) is -0.544. The van der Waals surface area contributed by atoms with Gasteiger partial charge in [0.25, 0.3) is 0 Å². The summed E-state index contributed by atoms with van der Waals surface area (Å²) in [4.78, 5) is 10.8. The van der Waals surface area contributed by atoms with Crippen LogP contribution >= 0.6 is 8.69 Å². The van der Waals surface area contributed by atoms with Crippen LogP contribution in [-0.4, -0.2) is 41.5 Å². The molecule has 6 nitrogen and oxygen atoms in total. The summed E-state index contributed by atoms with van der Waals surface area (Å²) in [6, 6.07) is 6.81. The van der Waals surface area contributed by atoms with E-state index in [1.807, 2.05) is 12.1 Å². The van der Waals surface area contributed by atoms with Crippen molar-refractivity contribution >= 4 is 14.7 Å². The maximum absolute atomic E-state index is 10.9. The van der Waals surface area contributed by atoms with Gasteiger partial charge in [-0.2, -0.15) is 0 Å². The van der Waals surface area contributed by atoms with Crippen LogP contribution < -0.4 is 5.32 Å². The first-order chi connectivity index (χ1) is 12.6. The van der Waals surface area contributed by atoms with Crippen molar-refractivity contribution in [2.75, 3.05) is 13.1 Å². The van der Waals surface area contributed by atoms with Gasteiger partial charge in [0.15, 0.2) is 0 Å². The summed E-state index contributed by atoms with van der Waals surface area (Å²) < 4.78 is 16.2. The van der Waals surface area contributed by atoms with Crippen molar-refractivity contribution in [3.63, 3.8) is 0 Å². The van der Waals surface area contributed by atoms with Crippen LogP contribution in [0.2, 0.25) is 0 Å². The predicted octanol–water partition coefficient (Wildman–Crippen LogP) is 3.44. The van der Waals surface area contributed by atoms with E-state index in [2.05, 4.69) is 5.32 Å². The van der Waals surface area contributed by atoms with Gasteiger partial charge in [0.05, 0.1) is 17.8 Å². The minimum atomic E-state index is -0.926. The molecule has 1 fully saturated rings.